The van der Waals surface area contributed by atoms with Crippen molar-refractivity contribution in [1.29, 1.82) is 0 Å². The Labute approximate surface area is 194 Å². The highest BCUT2D eigenvalue weighted by molar-refractivity contribution is 7.80. The van der Waals surface area contributed by atoms with E-state index in [-0.39, 0.29) is 12.0 Å². The molecule has 0 atom stereocenters. The molecule has 0 spiro atoms. The van der Waals surface area contributed by atoms with E-state index >= 15 is 0 Å². The molecular weight excluding hydrogens is 424 g/mol. The van der Waals surface area contributed by atoms with Gasteiger partial charge in [-0.25, -0.2) is 4.90 Å². The number of anilines is 1. The van der Waals surface area contributed by atoms with Crippen LogP contribution in [0.2, 0.25) is 0 Å². The number of nitrogens with one attached hydrogen (secondary N) is 1. The zero-order valence-corrected chi connectivity index (χ0v) is 19.2. The molecule has 0 unspecified atom stereocenters. The summed E-state index contributed by atoms with van der Waals surface area (Å²) in [7, 11) is 0. The van der Waals surface area contributed by atoms with Crippen LogP contribution in [-0.2, 0) is 4.79 Å². The molecule has 7 heteroatoms. The van der Waals surface area contributed by atoms with E-state index < -0.39 is 0 Å². The monoisotopic (exact) mass is 452 g/mol. The Kier molecular flexibility index (Phi) is 6.95. The van der Waals surface area contributed by atoms with E-state index in [1.54, 1.807) is 6.08 Å². The molecule has 1 N–H and O–H groups in total. The summed E-state index contributed by atoms with van der Waals surface area (Å²) in [6.45, 7) is 4.88. The van der Waals surface area contributed by atoms with Gasteiger partial charge in [0.1, 0.15) is 11.4 Å². The van der Waals surface area contributed by atoms with Crippen molar-refractivity contribution in [1.82, 2.24) is 5.32 Å². The van der Waals surface area contributed by atoms with Gasteiger partial charge in [-0.05, 0) is 87.7 Å². The van der Waals surface area contributed by atoms with Gasteiger partial charge in [-0.1, -0.05) is 18.2 Å². The lowest BCUT2D eigenvalue weighted by molar-refractivity contribution is -0.113. The number of ether oxygens (including phenoxy) is 3. The van der Waals surface area contributed by atoms with Crippen molar-refractivity contribution in [2.75, 3.05) is 18.1 Å². The van der Waals surface area contributed by atoms with Crippen LogP contribution in [0, 0.1) is 0 Å². The molecule has 0 radical (unpaired) electrons. The summed E-state index contributed by atoms with van der Waals surface area (Å²) < 4.78 is 17.7. The predicted molar refractivity (Wildman–Crippen MR) is 129 cm³/mol. The third kappa shape index (κ3) is 4.72. The molecule has 2 aliphatic rings. The minimum Gasteiger partial charge on any atom is -0.492 e. The Bertz CT molecular complexity index is 1030. The van der Waals surface area contributed by atoms with Crippen molar-refractivity contribution in [3.8, 4) is 17.2 Å². The van der Waals surface area contributed by atoms with Crippen molar-refractivity contribution < 1.29 is 19.0 Å². The number of carbonyl (C=O) groups excluding carboxylic acids is 1. The predicted octanol–water partition coefficient (Wildman–Crippen LogP) is 5.07. The van der Waals surface area contributed by atoms with Crippen LogP contribution >= 0.6 is 12.2 Å². The highest BCUT2D eigenvalue weighted by Gasteiger charge is 2.33. The molecule has 1 saturated carbocycles. The first-order valence-electron chi connectivity index (χ1n) is 11.1. The Hall–Kier alpha value is -3.06. The minimum absolute atomic E-state index is 0.230. The number of rotatable bonds is 8. The third-order valence-corrected chi connectivity index (χ3v) is 5.74. The summed E-state index contributed by atoms with van der Waals surface area (Å²) in [6, 6.07) is 13.1. The Morgan fingerprint density at radius 2 is 1.75 bits per heavy atom. The molecule has 6 nitrogen and oxygen atoms in total. The Balaban J connectivity index is 1.59. The first-order valence-corrected chi connectivity index (χ1v) is 11.5. The highest BCUT2D eigenvalue weighted by Crippen LogP contribution is 2.34. The van der Waals surface area contributed by atoms with Crippen molar-refractivity contribution in [2.45, 2.75) is 45.6 Å². The summed E-state index contributed by atoms with van der Waals surface area (Å²) in [5.41, 5.74) is 1.84. The fraction of sp³-hybridized carbons (Fsp3) is 0.360. The van der Waals surface area contributed by atoms with Crippen molar-refractivity contribution in [2.24, 2.45) is 0 Å². The third-order valence-electron chi connectivity index (χ3n) is 5.46. The first-order chi connectivity index (χ1) is 15.6. The van der Waals surface area contributed by atoms with Gasteiger partial charge in [0.2, 0.25) is 0 Å². The Morgan fingerprint density at radius 3 is 2.50 bits per heavy atom. The summed E-state index contributed by atoms with van der Waals surface area (Å²) in [5, 5.41) is 3.36. The van der Waals surface area contributed by atoms with E-state index in [1.165, 1.54) is 17.7 Å². The van der Waals surface area contributed by atoms with Gasteiger partial charge in [-0.2, -0.15) is 0 Å². The molecule has 1 amide bonds. The number of benzene rings is 2. The molecule has 2 aromatic rings. The zero-order chi connectivity index (χ0) is 22.5. The van der Waals surface area contributed by atoms with E-state index in [4.69, 9.17) is 26.4 Å². The smallest absolute Gasteiger partial charge is 0.281 e. The molecule has 1 aliphatic heterocycles. The number of nitrogens with zero attached hydrogens (tertiary/aromatic N) is 1. The minimum atomic E-state index is -0.230. The van der Waals surface area contributed by atoms with Crippen LogP contribution < -0.4 is 24.4 Å². The van der Waals surface area contributed by atoms with Gasteiger partial charge >= 0.3 is 0 Å². The average molecular weight is 453 g/mol. The van der Waals surface area contributed by atoms with Crippen LogP contribution in [0.4, 0.5) is 5.69 Å². The lowest BCUT2D eigenvalue weighted by Gasteiger charge is -2.18. The fourth-order valence-corrected chi connectivity index (χ4v) is 4.30. The molecule has 0 bridgehead atoms. The van der Waals surface area contributed by atoms with Gasteiger partial charge in [0.15, 0.2) is 16.6 Å². The molecule has 2 aromatic carbocycles. The fourth-order valence-electron chi connectivity index (χ4n) is 4.01. The number of thiocarbonyl (C=S) groups is 1. The Morgan fingerprint density at radius 1 is 1.03 bits per heavy atom. The van der Waals surface area contributed by atoms with Crippen LogP contribution in [0.3, 0.4) is 0 Å². The van der Waals surface area contributed by atoms with E-state index in [9.17, 15) is 4.79 Å². The maximum absolute atomic E-state index is 13.2. The maximum atomic E-state index is 13.2. The van der Waals surface area contributed by atoms with Crippen molar-refractivity contribution in [3.05, 3.63) is 53.7 Å². The molecule has 168 valence electrons. The van der Waals surface area contributed by atoms with E-state index in [0.717, 1.165) is 24.2 Å². The zero-order valence-electron chi connectivity index (χ0n) is 18.4. The van der Waals surface area contributed by atoms with Gasteiger partial charge in [-0.3, -0.25) is 4.79 Å². The molecule has 0 aromatic heterocycles. The largest absolute Gasteiger partial charge is 0.492 e. The van der Waals surface area contributed by atoms with Crippen LogP contribution in [0.15, 0.2) is 48.2 Å². The second kappa shape index (κ2) is 10.0. The molecule has 4 rings (SSSR count). The normalized spacial score (nSPS) is 17.7. The number of hydrogen-bond donors (Lipinski definition) is 1. The molecule has 1 saturated heterocycles. The maximum Gasteiger partial charge on any atom is 0.281 e. The molecule has 32 heavy (non-hydrogen) atoms. The van der Waals surface area contributed by atoms with Crippen LogP contribution in [-0.4, -0.2) is 30.3 Å². The quantitative estimate of drug-likeness (QED) is 0.446. The van der Waals surface area contributed by atoms with Crippen LogP contribution in [0.5, 0.6) is 17.2 Å². The summed E-state index contributed by atoms with van der Waals surface area (Å²) >= 11 is 5.46. The van der Waals surface area contributed by atoms with Gasteiger partial charge in [0.25, 0.3) is 5.91 Å². The van der Waals surface area contributed by atoms with Gasteiger partial charge in [0, 0.05) is 0 Å². The van der Waals surface area contributed by atoms with E-state index in [0.29, 0.717) is 41.2 Å². The number of hydrogen-bond acceptors (Lipinski definition) is 5. The first kappa shape index (κ1) is 22.1. The summed E-state index contributed by atoms with van der Waals surface area (Å²) in [6.07, 6.45) is 6.58. The van der Waals surface area contributed by atoms with Crippen molar-refractivity contribution in [3.63, 3.8) is 0 Å². The van der Waals surface area contributed by atoms with Crippen LogP contribution in [0.25, 0.3) is 6.08 Å². The molecule has 2 fully saturated rings. The second-order valence-corrected chi connectivity index (χ2v) is 8.08. The van der Waals surface area contributed by atoms with Crippen LogP contribution in [0.1, 0.15) is 45.1 Å². The number of carbonyl (C=O) groups is 1. The highest BCUT2D eigenvalue weighted by atomic mass is 32.1. The molecule has 1 aliphatic carbocycles. The standard InChI is InChI=1S/C25H28N2O4S/c1-3-29-21-12-8-7-11-20(21)27-24(28)19(26-25(27)32)15-17-13-14-22(23(16-17)30-4-2)31-18-9-5-6-10-18/h7-8,11-16,18H,3-6,9-10H2,1-2H3,(H,26,32)/b19-15+. The van der Waals surface area contributed by atoms with Gasteiger partial charge < -0.3 is 19.5 Å². The second-order valence-electron chi connectivity index (χ2n) is 7.69. The molecular formula is C25H28N2O4S. The van der Waals surface area contributed by atoms with E-state index in [2.05, 4.69) is 5.32 Å². The molecule has 1 heterocycles. The van der Waals surface area contributed by atoms with Gasteiger partial charge in [0.05, 0.1) is 25.0 Å². The topological polar surface area (TPSA) is 60.0 Å². The summed E-state index contributed by atoms with van der Waals surface area (Å²) in [5.74, 6) is 1.81. The van der Waals surface area contributed by atoms with Crippen molar-refractivity contribution >= 4 is 35.0 Å². The van der Waals surface area contributed by atoms with Gasteiger partial charge in [-0.15, -0.1) is 0 Å². The summed E-state index contributed by atoms with van der Waals surface area (Å²) in [4.78, 5) is 14.6. The lowest BCUT2D eigenvalue weighted by Crippen LogP contribution is -2.30. The van der Waals surface area contributed by atoms with E-state index in [1.807, 2.05) is 56.3 Å². The number of amides is 1. The lowest BCUT2D eigenvalue weighted by atomic mass is 10.1. The number of para-hydroxylation sites is 2. The SMILES string of the molecule is CCOc1cc(/C=C2/NC(=S)N(c3ccccc3OCC)C2=O)ccc1OC1CCCC1. The average Bonchev–Trinajstić information content (AvgIpc) is 3.39.